The molecule has 7 rings (SSSR count). The summed E-state index contributed by atoms with van der Waals surface area (Å²) in [6, 6.07) is 15.0. The Labute approximate surface area is 252 Å². The number of benzene rings is 2. The van der Waals surface area contributed by atoms with Crippen LogP contribution >= 0.6 is 47.0 Å². The number of fused-ring (bicyclic) bond motifs is 16. The average Bonchev–Trinajstić information content (AvgIpc) is 3.82. The van der Waals surface area contributed by atoms with Crippen LogP contribution in [0.25, 0.3) is 45.6 Å². The van der Waals surface area contributed by atoms with Gasteiger partial charge in [0.1, 0.15) is 0 Å². The van der Waals surface area contributed by atoms with Crippen LogP contribution in [-0.2, 0) is 9.59 Å². The van der Waals surface area contributed by atoms with Crippen LogP contribution in [0.15, 0.2) is 69.2 Å². The predicted molar refractivity (Wildman–Crippen MR) is 158 cm³/mol. The van der Waals surface area contributed by atoms with E-state index in [1.165, 1.54) is 23.5 Å². The molecule has 0 unspecified atom stereocenters. The number of nitrogens with zero attached hydrogens (tertiary/aromatic N) is 8. The molecule has 4 aromatic heterocycles. The maximum atomic E-state index is 12.7. The van der Waals surface area contributed by atoms with Crippen molar-refractivity contribution < 1.29 is 9.59 Å². The molecule has 4 N–H and O–H groups in total. The van der Waals surface area contributed by atoms with Gasteiger partial charge >= 0.3 is 0 Å². The molecular weight excluding hydrogens is 617 g/mol. The summed E-state index contributed by atoms with van der Waals surface area (Å²) in [6.07, 6.45) is 0. The first-order valence-corrected chi connectivity index (χ1v) is 15.7. The molecule has 12 bridgehead atoms. The molecule has 0 fully saturated rings. The molecule has 6 aromatic rings. The molecule has 2 aromatic carbocycles. The molecule has 1 aliphatic rings. The van der Waals surface area contributed by atoms with Gasteiger partial charge in [-0.05, 0) is 35.7 Å². The molecule has 0 saturated heterocycles. The van der Waals surface area contributed by atoms with E-state index in [9.17, 15) is 9.59 Å². The van der Waals surface area contributed by atoms with Gasteiger partial charge in [0.05, 0.1) is 11.5 Å². The fourth-order valence-electron chi connectivity index (χ4n) is 3.86. The van der Waals surface area contributed by atoms with Crippen LogP contribution in [0.2, 0.25) is 0 Å². The van der Waals surface area contributed by atoms with Crippen molar-refractivity contribution in [2.24, 2.45) is 0 Å². The highest BCUT2D eigenvalue weighted by atomic mass is 32.2. The number of rotatable bonds is 0. The summed E-state index contributed by atoms with van der Waals surface area (Å²) >= 11 is 4.31. The summed E-state index contributed by atoms with van der Waals surface area (Å²) in [5.41, 5.74) is 3.07. The molecule has 14 nitrogen and oxygen atoms in total. The molecule has 1 aliphatic heterocycles. The molecule has 208 valence electrons. The van der Waals surface area contributed by atoms with E-state index in [0.717, 1.165) is 45.8 Å². The summed E-state index contributed by atoms with van der Waals surface area (Å²) in [5, 5.41) is 29.7. The van der Waals surface area contributed by atoms with Gasteiger partial charge in [-0.25, -0.2) is 19.9 Å². The lowest BCUT2D eigenvalue weighted by Crippen LogP contribution is -1.96. The minimum atomic E-state index is -0.144. The van der Waals surface area contributed by atoms with E-state index in [2.05, 4.69) is 60.7 Å². The van der Waals surface area contributed by atoms with Crippen LogP contribution < -0.4 is 0 Å². The van der Waals surface area contributed by atoms with Crippen molar-refractivity contribution in [3.63, 3.8) is 0 Å². The monoisotopic (exact) mass is 632 g/mol. The van der Waals surface area contributed by atoms with Crippen LogP contribution in [0.1, 0.15) is 0 Å². The SMILES string of the molecule is O=C1CSc2n[nH]c(n2)-c2cccc(c2)-c2nc(n[nH]2)SCC(=O)Sc2n[nH]c(n2)-c2cccc(c2)-c2nc(n[nH]2)S1. The van der Waals surface area contributed by atoms with E-state index in [1.807, 2.05) is 48.5 Å². The highest BCUT2D eigenvalue weighted by Gasteiger charge is 2.17. The summed E-state index contributed by atoms with van der Waals surface area (Å²) in [6.45, 7) is 0. The number of nitrogens with one attached hydrogen (secondary N) is 4. The minimum Gasteiger partial charge on any atom is -0.286 e. The second kappa shape index (κ2) is 11.6. The van der Waals surface area contributed by atoms with Gasteiger partial charge in [0.15, 0.2) is 23.3 Å². The summed E-state index contributed by atoms with van der Waals surface area (Å²) in [7, 11) is 0. The molecule has 0 atom stereocenters. The number of carbonyl (C=O) groups is 2. The van der Waals surface area contributed by atoms with Crippen LogP contribution in [0, 0.1) is 0 Å². The van der Waals surface area contributed by atoms with Gasteiger partial charge in [-0.3, -0.25) is 30.0 Å². The minimum absolute atomic E-state index is 0.133. The largest absolute Gasteiger partial charge is 0.286 e. The van der Waals surface area contributed by atoms with E-state index < -0.39 is 0 Å². The van der Waals surface area contributed by atoms with Gasteiger partial charge in [-0.2, -0.15) is 0 Å². The quantitative estimate of drug-likeness (QED) is 0.187. The number of hydrogen-bond acceptors (Lipinski definition) is 14. The van der Waals surface area contributed by atoms with Gasteiger partial charge in [0, 0.05) is 22.3 Å². The van der Waals surface area contributed by atoms with Gasteiger partial charge in [-0.1, -0.05) is 59.9 Å². The summed E-state index contributed by atoms with van der Waals surface area (Å²) < 4.78 is 0. The zero-order chi connectivity index (χ0) is 28.5. The second-order valence-electron chi connectivity index (χ2n) is 8.55. The van der Waals surface area contributed by atoms with Gasteiger partial charge in [-0.15, -0.1) is 20.4 Å². The van der Waals surface area contributed by atoms with Crippen LogP contribution in [0.3, 0.4) is 0 Å². The number of hydrogen-bond donors (Lipinski definition) is 4. The Morgan fingerprint density at radius 1 is 0.500 bits per heavy atom. The molecule has 0 aliphatic carbocycles. The number of aromatic nitrogens is 12. The van der Waals surface area contributed by atoms with Crippen LogP contribution in [0.4, 0.5) is 0 Å². The zero-order valence-corrected chi connectivity index (χ0v) is 24.3. The van der Waals surface area contributed by atoms with E-state index in [0.29, 0.717) is 43.9 Å². The standard InChI is InChI=1S/C24H16N12O2S4/c37-15-9-39-21-25-17(29-33-21)11-3-1-4-12(7-11)18-26-22(34-30-18)40-10-16(38)42-24-28-20(32-36-24)14-6-2-5-13(8-14)19-27-23(41-15)35-31-19/h1-8H,9-10H2,(H,25,29,33)(H,26,30,34)(H,27,31,35)(H,28,32,36). The van der Waals surface area contributed by atoms with Crippen molar-refractivity contribution in [3.8, 4) is 45.6 Å². The molecule has 5 heterocycles. The Kier molecular flexibility index (Phi) is 7.32. The van der Waals surface area contributed by atoms with Crippen LogP contribution in [0.5, 0.6) is 0 Å². The first kappa shape index (κ1) is 26.6. The van der Waals surface area contributed by atoms with E-state index >= 15 is 0 Å². The molecule has 18 heteroatoms. The third-order valence-corrected chi connectivity index (χ3v) is 9.26. The topological polar surface area (TPSA) is 200 Å². The Morgan fingerprint density at radius 2 is 0.833 bits per heavy atom. The molecule has 0 radical (unpaired) electrons. The highest BCUT2D eigenvalue weighted by molar-refractivity contribution is 8.16. The Balaban J connectivity index is 1.18. The van der Waals surface area contributed by atoms with E-state index in [1.54, 1.807) is 0 Å². The van der Waals surface area contributed by atoms with Crippen molar-refractivity contribution in [1.82, 2.24) is 60.7 Å². The summed E-state index contributed by atoms with van der Waals surface area (Å²) in [4.78, 5) is 43.3. The Morgan fingerprint density at radius 3 is 1.21 bits per heavy atom. The molecule has 42 heavy (non-hydrogen) atoms. The maximum absolute atomic E-state index is 12.7. The second-order valence-corrected chi connectivity index (χ2v) is 12.5. The lowest BCUT2D eigenvalue weighted by atomic mass is 10.1. The molecule has 0 spiro atoms. The van der Waals surface area contributed by atoms with E-state index in [4.69, 9.17) is 0 Å². The molecule has 0 saturated carbocycles. The first-order valence-electron chi connectivity index (χ1n) is 12.1. The Hall–Kier alpha value is -4.26. The third kappa shape index (κ3) is 5.87. The maximum Gasteiger partial charge on any atom is 0.216 e. The number of carbonyl (C=O) groups excluding carboxylic acids is 2. The van der Waals surface area contributed by atoms with Gasteiger partial charge in [0.2, 0.25) is 30.9 Å². The lowest BCUT2D eigenvalue weighted by molar-refractivity contribution is -0.109. The number of aromatic amines is 4. The van der Waals surface area contributed by atoms with Crippen molar-refractivity contribution in [2.45, 2.75) is 20.6 Å². The fraction of sp³-hybridized carbons (Fsp3) is 0.0833. The van der Waals surface area contributed by atoms with Crippen molar-refractivity contribution >= 4 is 57.3 Å². The zero-order valence-electron chi connectivity index (χ0n) is 21.1. The first-order chi connectivity index (χ1) is 20.6. The van der Waals surface area contributed by atoms with Crippen molar-refractivity contribution in [1.29, 1.82) is 0 Å². The normalized spacial score (nSPS) is 14.2. The Bertz CT molecular complexity index is 1800. The van der Waals surface area contributed by atoms with Crippen LogP contribution in [-0.4, -0.2) is 82.5 Å². The summed E-state index contributed by atoms with van der Waals surface area (Å²) in [5.74, 6) is 2.36. The molecule has 0 amide bonds. The van der Waals surface area contributed by atoms with Gasteiger partial charge in [0.25, 0.3) is 0 Å². The van der Waals surface area contributed by atoms with Crippen molar-refractivity contribution in [2.75, 3.05) is 11.5 Å². The molecular formula is C24H16N12O2S4. The number of thioether (sulfide) groups is 4. The third-order valence-electron chi connectivity index (χ3n) is 5.73. The highest BCUT2D eigenvalue weighted by Crippen LogP contribution is 2.29. The smallest absolute Gasteiger partial charge is 0.216 e. The van der Waals surface area contributed by atoms with Gasteiger partial charge < -0.3 is 0 Å². The van der Waals surface area contributed by atoms with E-state index in [-0.39, 0.29) is 21.7 Å². The van der Waals surface area contributed by atoms with Crippen molar-refractivity contribution in [3.05, 3.63) is 48.5 Å². The predicted octanol–water partition coefficient (Wildman–Crippen LogP) is 3.96. The lowest BCUT2D eigenvalue weighted by Gasteiger charge is -2.00. The fourth-order valence-corrected chi connectivity index (χ4v) is 6.57. The average molecular weight is 633 g/mol. The number of H-pyrrole nitrogens is 4.